The van der Waals surface area contributed by atoms with E-state index in [2.05, 4.69) is 11.6 Å². The smallest absolute Gasteiger partial charge is 0.337 e. The molecule has 128 valence electrons. The molecule has 0 atom stereocenters. The second-order valence-corrected chi connectivity index (χ2v) is 4.93. The molecule has 1 aromatic carbocycles. The zero-order valence-corrected chi connectivity index (χ0v) is 13.5. The Morgan fingerprint density at radius 3 is 2.40 bits per heavy atom. The van der Waals surface area contributed by atoms with E-state index in [1.807, 2.05) is 0 Å². The van der Waals surface area contributed by atoms with Crippen molar-refractivity contribution in [2.45, 2.75) is 6.92 Å². The number of aromatic nitrogens is 1. The minimum Gasteiger partial charge on any atom is -0.478 e. The number of carbonyl (C=O) groups excluding carboxylic acids is 2. The molecule has 0 bridgehead atoms. The van der Waals surface area contributed by atoms with Crippen LogP contribution in [0.2, 0.25) is 0 Å². The van der Waals surface area contributed by atoms with Crippen LogP contribution in [0.5, 0.6) is 11.5 Å². The Balaban J connectivity index is 2.15. The molecule has 7 nitrogen and oxygen atoms in total. The van der Waals surface area contributed by atoms with Crippen molar-refractivity contribution in [3.8, 4) is 11.5 Å². The van der Waals surface area contributed by atoms with Gasteiger partial charge in [0.1, 0.15) is 11.5 Å². The van der Waals surface area contributed by atoms with E-state index in [1.54, 1.807) is 19.1 Å². The Hall–Kier alpha value is -3.48. The summed E-state index contributed by atoms with van der Waals surface area (Å²) in [5, 5.41) is 8.94. The van der Waals surface area contributed by atoms with E-state index >= 15 is 0 Å². The first kappa shape index (κ1) is 17.9. The highest BCUT2D eigenvalue weighted by Gasteiger charge is 2.18. The molecule has 0 spiro atoms. The number of nitrogens with zero attached hydrogens (tertiary/aromatic N) is 2. The topological polar surface area (TPSA) is 96.8 Å². The number of imide groups is 1. The van der Waals surface area contributed by atoms with Gasteiger partial charge in [0.15, 0.2) is 0 Å². The van der Waals surface area contributed by atoms with E-state index in [0.717, 1.165) is 11.0 Å². The van der Waals surface area contributed by atoms with Gasteiger partial charge < -0.3 is 9.84 Å². The van der Waals surface area contributed by atoms with Gasteiger partial charge in [0.2, 0.25) is 0 Å². The first-order valence-corrected chi connectivity index (χ1v) is 7.40. The summed E-state index contributed by atoms with van der Waals surface area (Å²) < 4.78 is 5.53. The number of carboxylic acids is 1. The number of ether oxygens (including phenoxy) is 1. The molecule has 2 amide bonds. The number of hydrogen-bond donors (Lipinski definition) is 1. The average Bonchev–Trinajstić information content (AvgIpc) is 2.62. The van der Waals surface area contributed by atoms with Crippen LogP contribution in [-0.2, 0) is 4.79 Å². The summed E-state index contributed by atoms with van der Waals surface area (Å²) in [6, 6.07) is 7.48. The van der Waals surface area contributed by atoms with Crippen LogP contribution in [0.1, 0.15) is 27.6 Å². The molecule has 1 aromatic heterocycles. The van der Waals surface area contributed by atoms with E-state index < -0.39 is 17.8 Å². The van der Waals surface area contributed by atoms with Gasteiger partial charge in [-0.1, -0.05) is 6.58 Å². The lowest BCUT2D eigenvalue weighted by Crippen LogP contribution is -2.35. The summed E-state index contributed by atoms with van der Waals surface area (Å²) in [5.74, 6) is -1.35. The number of likely N-dealkylation sites (N-methyl/N-ethyl adjacent to an activating group) is 1. The number of amides is 2. The van der Waals surface area contributed by atoms with E-state index in [-0.39, 0.29) is 17.9 Å². The lowest BCUT2D eigenvalue weighted by atomic mass is 10.2. The van der Waals surface area contributed by atoms with Gasteiger partial charge in [0.05, 0.1) is 11.8 Å². The average molecular weight is 340 g/mol. The van der Waals surface area contributed by atoms with E-state index in [1.165, 1.54) is 30.6 Å². The number of benzene rings is 1. The van der Waals surface area contributed by atoms with Gasteiger partial charge in [-0.25, -0.2) is 4.79 Å². The zero-order valence-electron chi connectivity index (χ0n) is 13.5. The molecular formula is C18H16N2O5. The van der Waals surface area contributed by atoms with Gasteiger partial charge in [-0.3, -0.25) is 19.5 Å². The first-order valence-electron chi connectivity index (χ1n) is 7.40. The monoisotopic (exact) mass is 340 g/mol. The third-order valence-electron chi connectivity index (χ3n) is 3.30. The first-order chi connectivity index (χ1) is 12.0. The zero-order chi connectivity index (χ0) is 18.4. The van der Waals surface area contributed by atoms with Crippen molar-refractivity contribution >= 4 is 17.8 Å². The molecule has 0 aliphatic carbocycles. The second-order valence-electron chi connectivity index (χ2n) is 4.93. The number of rotatable bonds is 6. The molecule has 2 rings (SSSR count). The molecule has 0 saturated heterocycles. The van der Waals surface area contributed by atoms with Crippen molar-refractivity contribution in [1.82, 2.24) is 9.88 Å². The molecule has 0 radical (unpaired) electrons. The summed E-state index contributed by atoms with van der Waals surface area (Å²) in [7, 11) is 0. The predicted octanol–water partition coefficient (Wildman–Crippen LogP) is 2.75. The Labute approximate surface area is 144 Å². The van der Waals surface area contributed by atoms with Crippen molar-refractivity contribution in [1.29, 1.82) is 0 Å². The van der Waals surface area contributed by atoms with Gasteiger partial charge in [-0.2, -0.15) is 0 Å². The van der Waals surface area contributed by atoms with Gasteiger partial charge in [0, 0.05) is 18.3 Å². The summed E-state index contributed by atoms with van der Waals surface area (Å²) >= 11 is 0. The summed E-state index contributed by atoms with van der Waals surface area (Å²) in [6.45, 7) is 5.30. The molecule has 0 aliphatic rings. The molecule has 7 heteroatoms. The highest BCUT2D eigenvalue weighted by atomic mass is 16.5. The van der Waals surface area contributed by atoms with Crippen LogP contribution in [-0.4, -0.2) is 39.3 Å². The number of carboxylic acid groups (broad SMARTS) is 1. The van der Waals surface area contributed by atoms with Crippen molar-refractivity contribution in [2.24, 2.45) is 0 Å². The van der Waals surface area contributed by atoms with Crippen LogP contribution in [0, 0.1) is 0 Å². The van der Waals surface area contributed by atoms with Crippen LogP contribution < -0.4 is 4.74 Å². The fourth-order valence-electron chi connectivity index (χ4n) is 2.06. The fraction of sp³-hybridized carbons (Fsp3) is 0.111. The van der Waals surface area contributed by atoms with Crippen molar-refractivity contribution < 1.29 is 24.2 Å². The van der Waals surface area contributed by atoms with Gasteiger partial charge in [-0.05, 0) is 43.3 Å². The quantitative estimate of drug-likeness (QED) is 0.812. The Kier molecular flexibility index (Phi) is 5.62. The van der Waals surface area contributed by atoms with Crippen LogP contribution in [0.15, 0.2) is 55.4 Å². The second kappa shape index (κ2) is 7.87. The van der Waals surface area contributed by atoms with E-state index in [4.69, 9.17) is 9.84 Å². The minimum atomic E-state index is -1.11. The lowest BCUT2D eigenvalue weighted by molar-refractivity contribution is -0.123. The van der Waals surface area contributed by atoms with Crippen LogP contribution in [0.4, 0.5) is 0 Å². The van der Waals surface area contributed by atoms with Crippen LogP contribution in [0.25, 0.3) is 0 Å². The fourth-order valence-corrected chi connectivity index (χ4v) is 2.06. The molecule has 0 aliphatic heterocycles. The normalized spacial score (nSPS) is 9.96. The highest BCUT2D eigenvalue weighted by Crippen LogP contribution is 2.22. The third kappa shape index (κ3) is 4.29. The number of pyridine rings is 1. The van der Waals surface area contributed by atoms with Gasteiger partial charge in [0.25, 0.3) is 11.8 Å². The van der Waals surface area contributed by atoms with Crippen LogP contribution >= 0.6 is 0 Å². The SMILES string of the molecule is C=CC(=O)N(CC)C(=O)c1ccc(Oc2cncc(C(=O)O)c2)cc1. The van der Waals surface area contributed by atoms with Gasteiger partial charge in [-0.15, -0.1) is 0 Å². The molecule has 1 N–H and O–H groups in total. The number of aromatic carboxylic acids is 1. The van der Waals surface area contributed by atoms with Crippen molar-refractivity contribution in [3.63, 3.8) is 0 Å². The summed E-state index contributed by atoms with van der Waals surface area (Å²) in [6.07, 6.45) is 3.68. The van der Waals surface area contributed by atoms with Crippen LogP contribution in [0.3, 0.4) is 0 Å². The Morgan fingerprint density at radius 1 is 1.16 bits per heavy atom. The van der Waals surface area contributed by atoms with E-state index in [0.29, 0.717) is 11.3 Å². The van der Waals surface area contributed by atoms with Crippen molar-refractivity contribution in [2.75, 3.05) is 6.54 Å². The number of hydrogen-bond acceptors (Lipinski definition) is 5. The van der Waals surface area contributed by atoms with Gasteiger partial charge >= 0.3 is 5.97 Å². The standard InChI is InChI=1S/C18H16N2O5/c1-3-16(21)20(4-2)17(22)12-5-7-14(8-6-12)25-15-9-13(18(23)24)10-19-11-15/h3,5-11H,1,4H2,2H3,(H,23,24). The van der Waals surface area contributed by atoms with Crippen molar-refractivity contribution in [3.05, 3.63) is 66.5 Å². The molecular weight excluding hydrogens is 324 g/mol. The lowest BCUT2D eigenvalue weighted by Gasteiger charge is -2.17. The Morgan fingerprint density at radius 2 is 1.84 bits per heavy atom. The number of carbonyl (C=O) groups is 3. The maximum atomic E-state index is 12.3. The molecule has 0 unspecified atom stereocenters. The molecule has 0 fully saturated rings. The third-order valence-corrected chi connectivity index (χ3v) is 3.30. The minimum absolute atomic E-state index is 0.00539. The predicted molar refractivity (Wildman–Crippen MR) is 89.6 cm³/mol. The molecule has 1 heterocycles. The maximum Gasteiger partial charge on any atom is 0.337 e. The summed E-state index contributed by atoms with van der Waals surface area (Å²) in [4.78, 5) is 39.8. The van der Waals surface area contributed by atoms with E-state index in [9.17, 15) is 14.4 Å². The highest BCUT2D eigenvalue weighted by molar-refractivity contribution is 6.07. The maximum absolute atomic E-state index is 12.3. The molecule has 25 heavy (non-hydrogen) atoms. The molecule has 0 saturated carbocycles. The Bertz CT molecular complexity index is 814. The largest absolute Gasteiger partial charge is 0.478 e. The molecule has 2 aromatic rings. The summed E-state index contributed by atoms with van der Waals surface area (Å²) in [5.41, 5.74) is 0.327.